The van der Waals surface area contributed by atoms with Crippen LogP contribution in [-0.2, 0) is 16.6 Å². The smallest absolute Gasteiger partial charge is 0.279 e. The first-order valence-electron chi connectivity index (χ1n) is 8.85. The molecule has 1 fully saturated rings. The number of amides is 1. The van der Waals surface area contributed by atoms with Crippen LogP contribution in [0.1, 0.15) is 24.8 Å². The first-order chi connectivity index (χ1) is 12.6. The molecule has 1 aliphatic heterocycles. The second kappa shape index (κ2) is 6.57. The number of imidazole rings is 1. The van der Waals surface area contributed by atoms with E-state index in [0.29, 0.717) is 11.7 Å². The highest BCUT2D eigenvalue weighted by atomic mass is 16.5. The quantitative estimate of drug-likeness (QED) is 0.856. The largest absolute Gasteiger partial charge is 0.379 e. The van der Waals surface area contributed by atoms with Crippen molar-refractivity contribution in [2.24, 2.45) is 12.0 Å². The van der Waals surface area contributed by atoms with Gasteiger partial charge in [-0.2, -0.15) is 0 Å². The minimum atomic E-state index is -0.107. The van der Waals surface area contributed by atoms with E-state index in [4.69, 9.17) is 4.74 Å². The lowest BCUT2D eigenvalue weighted by Crippen LogP contribution is -2.46. The molecule has 1 aromatic heterocycles. The molecule has 2 aromatic rings. The van der Waals surface area contributed by atoms with Gasteiger partial charge in [0.05, 0.1) is 29.5 Å². The highest BCUT2D eigenvalue weighted by Gasteiger charge is 2.33. The van der Waals surface area contributed by atoms with Crippen LogP contribution in [0.5, 0.6) is 0 Å². The number of rotatable bonds is 3. The third-order valence-corrected chi connectivity index (χ3v) is 5.19. The summed E-state index contributed by atoms with van der Waals surface area (Å²) in [6.45, 7) is 0. The Bertz CT molecular complexity index is 914. The molecule has 7 heteroatoms. The van der Waals surface area contributed by atoms with Crippen molar-refractivity contribution in [2.75, 3.05) is 14.2 Å². The van der Waals surface area contributed by atoms with Crippen molar-refractivity contribution >= 4 is 29.0 Å². The first-order valence-corrected chi connectivity index (χ1v) is 8.85. The molecular weight excluding hydrogens is 330 g/mol. The van der Waals surface area contributed by atoms with Crippen LogP contribution in [0, 0.1) is 0 Å². The third kappa shape index (κ3) is 2.88. The Kier molecular flexibility index (Phi) is 4.24. The van der Waals surface area contributed by atoms with Crippen molar-refractivity contribution in [3.05, 3.63) is 35.8 Å². The fraction of sp³-hybridized carbons (Fsp3) is 0.421. The lowest BCUT2D eigenvalue weighted by molar-refractivity contribution is -0.121. The van der Waals surface area contributed by atoms with Gasteiger partial charge in [0.1, 0.15) is 5.70 Å². The van der Waals surface area contributed by atoms with Gasteiger partial charge in [-0.3, -0.25) is 9.69 Å². The molecule has 1 aliphatic carbocycles. The van der Waals surface area contributed by atoms with Crippen molar-refractivity contribution in [1.82, 2.24) is 19.8 Å². The van der Waals surface area contributed by atoms with Crippen LogP contribution in [0.4, 0.5) is 0 Å². The van der Waals surface area contributed by atoms with E-state index in [0.717, 1.165) is 35.9 Å². The number of hydrogen-bond donors (Lipinski definition) is 1. The second-order valence-corrected chi connectivity index (χ2v) is 6.89. The molecule has 2 atom stereocenters. The van der Waals surface area contributed by atoms with Gasteiger partial charge in [0.2, 0.25) is 5.96 Å². The van der Waals surface area contributed by atoms with Gasteiger partial charge < -0.3 is 14.6 Å². The number of benzene rings is 1. The van der Waals surface area contributed by atoms with Crippen molar-refractivity contribution in [3.8, 4) is 0 Å². The number of hydrogen-bond acceptors (Lipinski definition) is 5. The number of guanidine groups is 1. The zero-order chi connectivity index (χ0) is 18.3. The van der Waals surface area contributed by atoms with Gasteiger partial charge in [-0.05, 0) is 43.0 Å². The highest BCUT2D eigenvalue weighted by Crippen LogP contribution is 2.24. The van der Waals surface area contributed by atoms with E-state index < -0.39 is 0 Å². The van der Waals surface area contributed by atoms with Gasteiger partial charge in [-0.1, -0.05) is 6.07 Å². The molecular formula is C19H23N5O2. The lowest BCUT2D eigenvalue weighted by Gasteiger charge is -2.22. The molecule has 1 amide bonds. The molecule has 0 unspecified atom stereocenters. The Morgan fingerprint density at radius 1 is 1.31 bits per heavy atom. The zero-order valence-electron chi connectivity index (χ0n) is 15.3. The minimum absolute atomic E-state index is 0.107. The van der Waals surface area contributed by atoms with Gasteiger partial charge in [0.15, 0.2) is 0 Å². The summed E-state index contributed by atoms with van der Waals surface area (Å²) in [5.41, 5.74) is 3.32. The van der Waals surface area contributed by atoms with Crippen LogP contribution in [0.3, 0.4) is 0 Å². The Morgan fingerprint density at radius 3 is 2.96 bits per heavy atom. The summed E-state index contributed by atoms with van der Waals surface area (Å²) in [6, 6.07) is 6.12. The molecule has 136 valence electrons. The number of aryl methyl sites for hydroxylation is 1. The number of carbonyl (C=O) groups excluding carboxylic acids is 1. The van der Waals surface area contributed by atoms with E-state index in [1.54, 1.807) is 25.4 Å². The molecule has 0 bridgehead atoms. The summed E-state index contributed by atoms with van der Waals surface area (Å²) >= 11 is 0. The van der Waals surface area contributed by atoms with Gasteiger partial charge in [0, 0.05) is 21.2 Å². The Balaban J connectivity index is 1.60. The molecule has 0 radical (unpaired) electrons. The van der Waals surface area contributed by atoms with Crippen molar-refractivity contribution in [3.63, 3.8) is 0 Å². The first kappa shape index (κ1) is 16.8. The molecule has 2 heterocycles. The van der Waals surface area contributed by atoms with Gasteiger partial charge in [-0.25, -0.2) is 9.98 Å². The number of aliphatic imine (C=N–C) groups is 1. The van der Waals surface area contributed by atoms with Crippen molar-refractivity contribution < 1.29 is 9.53 Å². The van der Waals surface area contributed by atoms with Crippen molar-refractivity contribution in [1.29, 1.82) is 0 Å². The fourth-order valence-electron chi connectivity index (χ4n) is 3.66. The summed E-state index contributed by atoms with van der Waals surface area (Å²) in [5.74, 6) is 0.487. The van der Waals surface area contributed by atoms with Crippen LogP contribution in [0.2, 0.25) is 0 Å². The molecule has 1 saturated carbocycles. The molecule has 0 spiro atoms. The average Bonchev–Trinajstić information content (AvgIpc) is 3.31. The molecule has 7 nitrogen and oxygen atoms in total. The number of carbonyl (C=O) groups is 1. The molecule has 1 N–H and O–H groups in total. The van der Waals surface area contributed by atoms with E-state index in [1.165, 1.54) is 0 Å². The average molecular weight is 353 g/mol. The van der Waals surface area contributed by atoms with Crippen LogP contribution in [-0.4, -0.2) is 52.6 Å². The van der Waals surface area contributed by atoms with Gasteiger partial charge in [0.25, 0.3) is 5.91 Å². The highest BCUT2D eigenvalue weighted by molar-refractivity contribution is 6.13. The topological polar surface area (TPSA) is 71.7 Å². The number of ether oxygens (including phenoxy) is 1. The maximum atomic E-state index is 12.6. The molecule has 4 rings (SSSR count). The molecule has 2 aliphatic rings. The predicted molar refractivity (Wildman–Crippen MR) is 100 cm³/mol. The summed E-state index contributed by atoms with van der Waals surface area (Å²) in [5, 5.41) is 3.38. The van der Waals surface area contributed by atoms with Crippen LogP contribution < -0.4 is 5.32 Å². The minimum Gasteiger partial charge on any atom is -0.379 e. The Hall–Kier alpha value is -2.67. The Labute approximate surface area is 152 Å². The van der Waals surface area contributed by atoms with Gasteiger partial charge >= 0.3 is 0 Å². The maximum Gasteiger partial charge on any atom is 0.279 e. The lowest BCUT2D eigenvalue weighted by atomic mass is 10.1. The van der Waals surface area contributed by atoms with E-state index in [1.807, 2.05) is 35.9 Å². The normalized spacial score (nSPS) is 24.7. The monoisotopic (exact) mass is 353 g/mol. The number of likely N-dealkylation sites (N-methyl/N-ethyl adjacent to an activating group) is 1. The number of methoxy groups -OCH3 is 1. The van der Waals surface area contributed by atoms with E-state index in [2.05, 4.69) is 15.3 Å². The van der Waals surface area contributed by atoms with Crippen LogP contribution in [0.25, 0.3) is 17.1 Å². The second-order valence-electron chi connectivity index (χ2n) is 6.89. The standard InChI is InChI=1S/C19H23N5O2/c1-23-11-20-13-8-7-12(10-16(13)23)9-15-18(25)24(2)19(22-15)21-14-5-4-6-17(14)26-3/h7-11,14,17H,4-6H2,1-3H3,(H,21,22)/b15-9-/t14-,17-/m1/s1. The summed E-state index contributed by atoms with van der Waals surface area (Å²) in [6.07, 6.45) is 6.95. The van der Waals surface area contributed by atoms with Crippen LogP contribution in [0.15, 0.2) is 35.2 Å². The molecule has 1 aromatic carbocycles. The Morgan fingerprint density at radius 2 is 2.15 bits per heavy atom. The van der Waals surface area contributed by atoms with E-state index in [9.17, 15) is 4.79 Å². The summed E-state index contributed by atoms with van der Waals surface area (Å²) < 4.78 is 7.48. The van der Waals surface area contributed by atoms with E-state index in [-0.39, 0.29) is 18.1 Å². The van der Waals surface area contributed by atoms with Crippen molar-refractivity contribution in [2.45, 2.75) is 31.4 Å². The third-order valence-electron chi connectivity index (χ3n) is 5.19. The number of aromatic nitrogens is 2. The summed E-state index contributed by atoms with van der Waals surface area (Å²) in [4.78, 5) is 23.0. The molecule has 26 heavy (non-hydrogen) atoms. The van der Waals surface area contributed by atoms with Gasteiger partial charge in [-0.15, -0.1) is 0 Å². The number of nitrogens with zero attached hydrogens (tertiary/aromatic N) is 4. The number of fused-ring (bicyclic) bond motifs is 1. The van der Waals surface area contributed by atoms with E-state index >= 15 is 0 Å². The van der Waals surface area contributed by atoms with Crippen LogP contribution >= 0.6 is 0 Å². The zero-order valence-corrected chi connectivity index (χ0v) is 15.3. The molecule has 0 saturated heterocycles. The summed E-state index contributed by atoms with van der Waals surface area (Å²) in [7, 11) is 5.43. The SMILES string of the molecule is CO[C@@H]1CCC[C@H]1NC1=N/C(=C\c2ccc3ncn(C)c3c2)C(=O)N1C. The number of nitrogens with one attached hydrogen (secondary N) is 1. The maximum absolute atomic E-state index is 12.6. The predicted octanol–water partition coefficient (Wildman–Crippen LogP) is 1.90. The fourth-order valence-corrected chi connectivity index (χ4v) is 3.66.